The molecule has 7 nitrogen and oxygen atoms in total. The second-order valence-electron chi connectivity index (χ2n) is 6.25. The zero-order valence-corrected chi connectivity index (χ0v) is 15.2. The van der Waals surface area contributed by atoms with E-state index in [1.165, 1.54) is 16.4 Å². The van der Waals surface area contributed by atoms with Crippen molar-refractivity contribution in [2.24, 2.45) is 0 Å². The highest BCUT2D eigenvalue weighted by Crippen LogP contribution is 2.34. The fourth-order valence-electron chi connectivity index (χ4n) is 2.79. The monoisotopic (exact) mass is 416 g/mol. The van der Waals surface area contributed by atoms with Crippen molar-refractivity contribution in [3.05, 3.63) is 42.1 Å². The lowest BCUT2D eigenvalue weighted by molar-refractivity contribution is -0.137. The fraction of sp³-hybridized carbons (Fsp3) is 0.353. The van der Waals surface area contributed by atoms with Gasteiger partial charge in [-0.05, 0) is 18.2 Å². The van der Waals surface area contributed by atoms with Crippen LogP contribution >= 0.6 is 0 Å². The molecule has 4 rings (SSSR count). The van der Waals surface area contributed by atoms with Gasteiger partial charge < -0.3 is 14.2 Å². The average Bonchev–Trinajstić information content (AvgIpc) is 2.63. The normalized spacial score (nSPS) is 17.8. The van der Waals surface area contributed by atoms with Crippen LogP contribution < -0.4 is 14.2 Å². The van der Waals surface area contributed by atoms with Gasteiger partial charge in [-0.1, -0.05) is 0 Å². The van der Waals surface area contributed by atoms with E-state index in [0.29, 0.717) is 30.9 Å². The van der Waals surface area contributed by atoms with Crippen LogP contribution in [0.2, 0.25) is 0 Å². The van der Waals surface area contributed by atoms with Crippen LogP contribution in [0.25, 0.3) is 0 Å². The average molecular weight is 416 g/mol. The number of halogens is 3. The molecular weight excluding hydrogens is 401 g/mol. The zero-order valence-electron chi connectivity index (χ0n) is 14.3. The Bertz CT molecular complexity index is 973. The van der Waals surface area contributed by atoms with Gasteiger partial charge in [0.1, 0.15) is 19.3 Å². The molecule has 0 saturated carbocycles. The summed E-state index contributed by atoms with van der Waals surface area (Å²) in [5.74, 6) is 0.868. The molecule has 0 radical (unpaired) electrons. The highest BCUT2D eigenvalue weighted by atomic mass is 32.2. The molecule has 28 heavy (non-hydrogen) atoms. The number of benzene rings is 1. The van der Waals surface area contributed by atoms with Gasteiger partial charge in [0, 0.05) is 18.3 Å². The van der Waals surface area contributed by atoms with Crippen LogP contribution in [0.5, 0.6) is 17.4 Å². The molecule has 2 aromatic rings. The largest absolute Gasteiger partial charge is 0.486 e. The number of alkyl halides is 3. The maximum absolute atomic E-state index is 12.7. The van der Waals surface area contributed by atoms with E-state index in [4.69, 9.17) is 14.2 Å². The molecule has 0 aliphatic carbocycles. The Morgan fingerprint density at radius 1 is 1.07 bits per heavy atom. The minimum absolute atomic E-state index is 0.00868. The highest BCUT2D eigenvalue weighted by Gasteiger charge is 2.39. The number of nitrogens with zero attached hydrogens (tertiary/aromatic N) is 2. The zero-order chi connectivity index (χ0) is 19.9. The summed E-state index contributed by atoms with van der Waals surface area (Å²) in [6, 6.07) is 6.37. The number of aromatic nitrogens is 1. The Morgan fingerprint density at radius 3 is 2.43 bits per heavy atom. The maximum atomic E-state index is 12.7. The molecule has 2 aliphatic rings. The van der Waals surface area contributed by atoms with E-state index < -0.39 is 27.9 Å². The molecule has 2 aliphatic heterocycles. The first kappa shape index (κ1) is 18.8. The van der Waals surface area contributed by atoms with Crippen molar-refractivity contribution in [1.29, 1.82) is 0 Å². The Labute approximate surface area is 158 Å². The Kier molecular flexibility index (Phi) is 4.58. The van der Waals surface area contributed by atoms with Gasteiger partial charge in [-0.15, -0.1) is 0 Å². The molecule has 1 fully saturated rings. The Balaban J connectivity index is 1.39. The van der Waals surface area contributed by atoms with Crippen molar-refractivity contribution in [2.75, 3.05) is 26.3 Å². The SMILES string of the molecule is O=S(=O)(c1ccc2c(c1)OCCO2)N1CC(Oc2ccc(C(F)(F)F)cn2)C1. The van der Waals surface area contributed by atoms with Crippen molar-refractivity contribution in [2.45, 2.75) is 17.2 Å². The van der Waals surface area contributed by atoms with Crippen molar-refractivity contribution >= 4 is 10.0 Å². The molecule has 1 aromatic heterocycles. The smallest absolute Gasteiger partial charge is 0.417 e. The van der Waals surface area contributed by atoms with E-state index in [0.717, 1.165) is 12.1 Å². The quantitative estimate of drug-likeness (QED) is 0.762. The van der Waals surface area contributed by atoms with Crippen molar-refractivity contribution < 1.29 is 35.8 Å². The minimum Gasteiger partial charge on any atom is -0.486 e. The lowest BCUT2D eigenvalue weighted by atomic mass is 10.2. The molecular formula is C17H15F3N2O5S. The molecule has 3 heterocycles. The summed E-state index contributed by atoms with van der Waals surface area (Å²) in [5, 5.41) is 0. The third-order valence-corrected chi connectivity index (χ3v) is 6.14. The summed E-state index contributed by atoms with van der Waals surface area (Å²) < 4.78 is 80.4. The highest BCUT2D eigenvalue weighted by molar-refractivity contribution is 7.89. The molecule has 0 spiro atoms. The van der Waals surface area contributed by atoms with Crippen LogP contribution in [-0.2, 0) is 16.2 Å². The summed E-state index contributed by atoms with van der Waals surface area (Å²) in [6.07, 6.45) is -4.29. The van der Waals surface area contributed by atoms with E-state index in [-0.39, 0.29) is 23.9 Å². The molecule has 0 atom stereocenters. The first-order chi connectivity index (χ1) is 13.2. The van der Waals surface area contributed by atoms with Crippen molar-refractivity contribution in [3.63, 3.8) is 0 Å². The van der Waals surface area contributed by atoms with Crippen LogP contribution in [0.1, 0.15) is 5.56 Å². The number of rotatable bonds is 4. The van der Waals surface area contributed by atoms with Crippen LogP contribution in [-0.4, -0.2) is 50.1 Å². The number of fused-ring (bicyclic) bond motifs is 1. The van der Waals surface area contributed by atoms with E-state index in [2.05, 4.69) is 4.98 Å². The number of hydrogen-bond acceptors (Lipinski definition) is 6. The van der Waals surface area contributed by atoms with Gasteiger partial charge >= 0.3 is 6.18 Å². The Morgan fingerprint density at radius 2 is 1.79 bits per heavy atom. The molecule has 0 N–H and O–H groups in total. The van der Waals surface area contributed by atoms with Gasteiger partial charge in [-0.25, -0.2) is 13.4 Å². The summed E-state index contributed by atoms with van der Waals surface area (Å²) in [6.45, 7) is 0.886. The number of pyridine rings is 1. The molecule has 11 heteroatoms. The van der Waals surface area contributed by atoms with Gasteiger partial charge in [0.05, 0.1) is 23.5 Å². The lowest BCUT2D eigenvalue weighted by Gasteiger charge is -2.37. The van der Waals surface area contributed by atoms with Crippen LogP contribution in [0.3, 0.4) is 0 Å². The van der Waals surface area contributed by atoms with E-state index >= 15 is 0 Å². The maximum Gasteiger partial charge on any atom is 0.417 e. The van der Waals surface area contributed by atoms with Gasteiger partial charge in [0.2, 0.25) is 15.9 Å². The van der Waals surface area contributed by atoms with Crippen LogP contribution in [0.15, 0.2) is 41.4 Å². The molecule has 150 valence electrons. The summed E-state index contributed by atoms with van der Waals surface area (Å²) in [4.78, 5) is 3.69. The number of sulfonamides is 1. The van der Waals surface area contributed by atoms with Gasteiger partial charge in [0.25, 0.3) is 0 Å². The number of hydrogen-bond donors (Lipinski definition) is 0. The molecule has 0 unspecified atom stereocenters. The molecule has 1 aromatic carbocycles. The van der Waals surface area contributed by atoms with E-state index in [9.17, 15) is 21.6 Å². The minimum atomic E-state index is -4.48. The molecule has 0 amide bonds. The molecule has 0 bridgehead atoms. The van der Waals surface area contributed by atoms with Crippen LogP contribution in [0.4, 0.5) is 13.2 Å². The van der Waals surface area contributed by atoms with Crippen molar-refractivity contribution in [3.8, 4) is 17.4 Å². The Hall–Kier alpha value is -2.53. The van der Waals surface area contributed by atoms with Crippen LogP contribution in [0, 0.1) is 0 Å². The fourth-order valence-corrected chi connectivity index (χ4v) is 4.31. The molecule has 1 saturated heterocycles. The third-order valence-electron chi connectivity index (χ3n) is 4.32. The second-order valence-corrected chi connectivity index (χ2v) is 8.19. The second kappa shape index (κ2) is 6.82. The van der Waals surface area contributed by atoms with Crippen molar-refractivity contribution in [1.82, 2.24) is 9.29 Å². The predicted octanol–water partition coefficient (Wildman–Crippen LogP) is 2.32. The summed E-state index contributed by atoms with van der Waals surface area (Å²) in [7, 11) is -3.74. The van der Waals surface area contributed by atoms with E-state index in [1.807, 2.05) is 0 Å². The van der Waals surface area contributed by atoms with E-state index in [1.54, 1.807) is 6.07 Å². The topological polar surface area (TPSA) is 78.0 Å². The van der Waals surface area contributed by atoms with Gasteiger partial charge in [-0.2, -0.15) is 17.5 Å². The summed E-state index contributed by atoms with van der Waals surface area (Å²) >= 11 is 0. The first-order valence-corrected chi connectivity index (χ1v) is 9.77. The third kappa shape index (κ3) is 3.59. The summed E-state index contributed by atoms with van der Waals surface area (Å²) in [5.41, 5.74) is -0.878. The number of ether oxygens (including phenoxy) is 3. The first-order valence-electron chi connectivity index (χ1n) is 8.33. The lowest BCUT2D eigenvalue weighted by Crippen LogP contribution is -2.56. The standard InChI is InChI=1S/C17H15F3N2O5S/c18-17(19,20)11-1-4-16(21-8-11)27-12-9-22(10-12)28(23,24)13-2-3-14-15(7-13)26-6-5-25-14/h1-4,7-8,12H,5-6,9-10H2. The predicted molar refractivity (Wildman–Crippen MR) is 89.8 cm³/mol. The van der Waals surface area contributed by atoms with Gasteiger partial charge in [0.15, 0.2) is 11.5 Å². The van der Waals surface area contributed by atoms with Gasteiger partial charge in [-0.3, -0.25) is 0 Å².